The molecule has 0 aliphatic rings. The van der Waals surface area contributed by atoms with Crippen molar-refractivity contribution < 1.29 is 0 Å². The summed E-state index contributed by atoms with van der Waals surface area (Å²) in [7, 11) is 0. The van der Waals surface area contributed by atoms with E-state index < -0.39 is 0 Å². The van der Waals surface area contributed by atoms with Crippen LogP contribution in [0, 0.1) is 11.8 Å². The predicted molar refractivity (Wildman–Crippen MR) is 160 cm³/mol. The van der Waals surface area contributed by atoms with Crippen molar-refractivity contribution in [1.82, 2.24) is 0 Å². The number of rotatable bonds is 17. The molecule has 0 rings (SSSR count). The van der Waals surface area contributed by atoms with E-state index in [-0.39, 0.29) is 0 Å². The van der Waals surface area contributed by atoms with Gasteiger partial charge in [0.15, 0.2) is 0 Å². The van der Waals surface area contributed by atoms with Gasteiger partial charge >= 0.3 is 0 Å². The Morgan fingerprint density at radius 3 is 1.18 bits per heavy atom. The Morgan fingerprint density at radius 1 is 0.471 bits per heavy atom. The van der Waals surface area contributed by atoms with E-state index in [1.807, 2.05) is 0 Å². The van der Waals surface area contributed by atoms with Crippen LogP contribution in [0.1, 0.15) is 159 Å². The van der Waals surface area contributed by atoms with Gasteiger partial charge in [0.05, 0.1) is 0 Å². The van der Waals surface area contributed by atoms with Gasteiger partial charge in [0.25, 0.3) is 0 Å². The zero-order chi connectivity index (χ0) is 27.2. The van der Waals surface area contributed by atoms with Gasteiger partial charge in [0.2, 0.25) is 0 Å². The highest BCUT2D eigenvalue weighted by atomic mass is 14.6. The normalized spacial score (nSPS) is 13.9. The van der Waals surface area contributed by atoms with Gasteiger partial charge in [-0.1, -0.05) is 106 Å². The third-order valence-electron chi connectivity index (χ3n) is 5.85. The zero-order valence-corrected chi connectivity index (χ0v) is 25.5. The molecular weight excluding hydrogens is 416 g/mol. The van der Waals surface area contributed by atoms with Crippen LogP contribution < -0.4 is 22.9 Å². The SMILES string of the molecule is CC(C)CCC(C)N.CCCCC(CC)CN.CCCCCC(C)N.CCCCCCC(C)N. The Morgan fingerprint density at radius 2 is 0.882 bits per heavy atom. The molecule has 0 fully saturated rings. The molecule has 0 saturated heterocycles. The second kappa shape index (κ2) is 35.0. The molecule has 0 aliphatic heterocycles. The molecule has 0 aromatic carbocycles. The topological polar surface area (TPSA) is 104 Å². The number of hydrogen-bond acceptors (Lipinski definition) is 4. The molecule has 4 nitrogen and oxygen atoms in total. The molecule has 0 heterocycles. The fourth-order valence-electron chi connectivity index (χ4n) is 3.19. The first-order valence-electron chi connectivity index (χ1n) is 15.0. The lowest BCUT2D eigenvalue weighted by molar-refractivity contribution is 0.461. The van der Waals surface area contributed by atoms with Gasteiger partial charge in [-0.2, -0.15) is 0 Å². The minimum atomic E-state index is 0.386. The molecule has 8 N–H and O–H groups in total. The summed E-state index contributed by atoms with van der Waals surface area (Å²) in [4.78, 5) is 0. The molecule has 0 radical (unpaired) electrons. The molecule has 0 amide bonds. The van der Waals surface area contributed by atoms with E-state index in [1.165, 1.54) is 89.9 Å². The van der Waals surface area contributed by atoms with Crippen LogP contribution in [0.2, 0.25) is 0 Å². The quantitative estimate of drug-likeness (QED) is 0.155. The third kappa shape index (κ3) is 53.3. The predicted octanol–water partition coefficient (Wildman–Crippen LogP) is 8.15. The Balaban J connectivity index is -0.000000177. The van der Waals surface area contributed by atoms with E-state index >= 15 is 0 Å². The second-order valence-electron chi connectivity index (χ2n) is 10.9. The minimum absolute atomic E-state index is 0.386. The maximum Gasteiger partial charge on any atom is 0.00105 e. The number of hydrogen-bond donors (Lipinski definition) is 4. The van der Waals surface area contributed by atoms with Crippen molar-refractivity contribution in [1.29, 1.82) is 0 Å². The monoisotopic (exact) mass is 489 g/mol. The molecule has 34 heavy (non-hydrogen) atoms. The average Bonchev–Trinajstić information content (AvgIpc) is 2.77. The van der Waals surface area contributed by atoms with Crippen molar-refractivity contribution in [2.45, 2.75) is 177 Å². The van der Waals surface area contributed by atoms with E-state index in [2.05, 4.69) is 62.3 Å². The summed E-state index contributed by atoms with van der Waals surface area (Å²) in [5, 5.41) is 0. The van der Waals surface area contributed by atoms with E-state index in [9.17, 15) is 0 Å². The summed E-state index contributed by atoms with van der Waals surface area (Å²) in [5.74, 6) is 1.59. The van der Waals surface area contributed by atoms with E-state index in [4.69, 9.17) is 22.9 Å². The molecule has 0 bridgehead atoms. The average molecular weight is 489 g/mol. The minimum Gasteiger partial charge on any atom is -0.330 e. The van der Waals surface area contributed by atoms with Crippen LogP contribution in [0.5, 0.6) is 0 Å². The van der Waals surface area contributed by atoms with Gasteiger partial charge in [-0.15, -0.1) is 0 Å². The molecule has 4 unspecified atom stereocenters. The highest BCUT2D eigenvalue weighted by Crippen LogP contribution is 2.09. The van der Waals surface area contributed by atoms with Gasteiger partial charge in [-0.25, -0.2) is 0 Å². The maximum atomic E-state index is 5.57. The van der Waals surface area contributed by atoms with Gasteiger partial charge < -0.3 is 22.9 Å². The Hall–Kier alpha value is -0.160. The summed E-state index contributed by atoms with van der Waals surface area (Å²) in [6.45, 7) is 20.4. The first kappa shape index (κ1) is 41.0. The Bertz CT molecular complexity index is 305. The largest absolute Gasteiger partial charge is 0.330 e. The van der Waals surface area contributed by atoms with Crippen LogP contribution in [0.3, 0.4) is 0 Å². The van der Waals surface area contributed by atoms with Crippen molar-refractivity contribution in [3.63, 3.8) is 0 Å². The Labute approximate surface area is 218 Å². The van der Waals surface area contributed by atoms with Gasteiger partial charge in [-0.05, 0) is 71.3 Å². The lowest BCUT2D eigenvalue weighted by Gasteiger charge is -2.09. The lowest BCUT2D eigenvalue weighted by Crippen LogP contribution is -2.14. The zero-order valence-electron chi connectivity index (χ0n) is 25.5. The van der Waals surface area contributed by atoms with E-state index in [0.29, 0.717) is 18.1 Å². The molecule has 0 aromatic rings. The van der Waals surface area contributed by atoms with Crippen molar-refractivity contribution in [2.75, 3.05) is 6.54 Å². The molecule has 4 heteroatoms. The highest BCUT2D eigenvalue weighted by Gasteiger charge is 2.00. The van der Waals surface area contributed by atoms with Crippen molar-refractivity contribution >= 4 is 0 Å². The van der Waals surface area contributed by atoms with Crippen LogP contribution in [0.15, 0.2) is 0 Å². The smallest absolute Gasteiger partial charge is 0.00105 e. The first-order chi connectivity index (χ1) is 16.0. The molecule has 0 aliphatic carbocycles. The van der Waals surface area contributed by atoms with Gasteiger partial charge in [0.1, 0.15) is 0 Å². The van der Waals surface area contributed by atoms with Crippen LogP contribution in [0.25, 0.3) is 0 Å². The maximum absolute atomic E-state index is 5.57. The van der Waals surface area contributed by atoms with E-state index in [1.54, 1.807) is 0 Å². The highest BCUT2D eigenvalue weighted by molar-refractivity contribution is 4.56. The van der Waals surface area contributed by atoms with Crippen LogP contribution >= 0.6 is 0 Å². The standard InChI is InChI=1S/2C8H19N.2C7H17N/c1-3-4-5-6-7-8(2)9;1-3-5-6-8(4-2)7-9;1-6(2)4-5-7(3)8;1-3-4-5-6-7(2)8/h2*8H,3-7,9H2,1-2H3;6-7H,4-5,8H2,1-3H3;7H,3-6,8H2,1-2H3. The molecule has 0 saturated carbocycles. The van der Waals surface area contributed by atoms with Crippen LogP contribution in [0.4, 0.5) is 0 Å². The summed E-state index contributed by atoms with van der Waals surface area (Å²) in [5.41, 5.74) is 22.2. The third-order valence-corrected chi connectivity index (χ3v) is 5.85. The molecule has 212 valence electrons. The number of unbranched alkanes of at least 4 members (excludes halogenated alkanes) is 6. The molecule has 0 spiro atoms. The second-order valence-corrected chi connectivity index (χ2v) is 10.9. The summed E-state index contributed by atoms with van der Waals surface area (Å²) in [6.07, 6.45) is 19.3. The molecule has 0 aromatic heterocycles. The van der Waals surface area contributed by atoms with Crippen molar-refractivity contribution in [3.05, 3.63) is 0 Å². The summed E-state index contributed by atoms with van der Waals surface area (Å²) in [6, 6.07) is 1.20. The number of nitrogens with two attached hydrogens (primary N) is 4. The van der Waals surface area contributed by atoms with Gasteiger partial charge in [0, 0.05) is 18.1 Å². The first-order valence-corrected chi connectivity index (χ1v) is 15.0. The summed E-state index contributed by atoms with van der Waals surface area (Å²) >= 11 is 0. The van der Waals surface area contributed by atoms with Crippen molar-refractivity contribution in [3.8, 4) is 0 Å². The van der Waals surface area contributed by atoms with Gasteiger partial charge in [-0.3, -0.25) is 0 Å². The van der Waals surface area contributed by atoms with Crippen LogP contribution in [-0.2, 0) is 0 Å². The van der Waals surface area contributed by atoms with Crippen molar-refractivity contribution in [2.24, 2.45) is 34.8 Å². The molecule has 4 atom stereocenters. The molecular formula is C30H72N4. The fourth-order valence-corrected chi connectivity index (χ4v) is 3.19. The Kier molecular flexibility index (Phi) is 42.2. The van der Waals surface area contributed by atoms with Crippen LogP contribution in [-0.4, -0.2) is 24.7 Å². The fraction of sp³-hybridized carbons (Fsp3) is 1.00. The summed E-state index contributed by atoms with van der Waals surface area (Å²) < 4.78 is 0. The lowest BCUT2D eigenvalue weighted by atomic mass is 10.00. The van der Waals surface area contributed by atoms with E-state index in [0.717, 1.165) is 24.8 Å².